The molecule has 5 heteroatoms. The van der Waals surface area contributed by atoms with E-state index >= 15 is 0 Å². The van der Waals surface area contributed by atoms with E-state index in [4.69, 9.17) is 9.47 Å². The van der Waals surface area contributed by atoms with Gasteiger partial charge < -0.3 is 9.47 Å². The molecule has 0 radical (unpaired) electrons. The van der Waals surface area contributed by atoms with Crippen LogP contribution >= 0.6 is 27.7 Å². The van der Waals surface area contributed by atoms with Gasteiger partial charge in [-0.05, 0) is 55.7 Å². The summed E-state index contributed by atoms with van der Waals surface area (Å²) >= 11 is 5.11. The average Bonchev–Trinajstić information content (AvgIpc) is 2.60. The first kappa shape index (κ1) is 20.8. The Morgan fingerprint density at radius 2 is 1.81 bits per heavy atom. The summed E-state index contributed by atoms with van der Waals surface area (Å²) < 4.78 is 11.2. The number of carbonyl (C=O) groups excluding carboxylic acids is 1. The highest BCUT2D eigenvalue weighted by Gasteiger charge is 2.32. The van der Waals surface area contributed by atoms with Crippen molar-refractivity contribution in [3.8, 4) is 5.75 Å². The molecule has 0 atom stereocenters. The number of halogens is 1. The minimum atomic E-state index is -1.03. The van der Waals surface area contributed by atoms with Crippen LogP contribution in [0.1, 0.15) is 33.3 Å². The van der Waals surface area contributed by atoms with Crippen LogP contribution in [0, 0.1) is 5.92 Å². The van der Waals surface area contributed by atoms with Crippen molar-refractivity contribution in [3.63, 3.8) is 0 Å². The Morgan fingerprint density at radius 1 is 1.12 bits per heavy atom. The number of esters is 1. The van der Waals surface area contributed by atoms with Gasteiger partial charge in [-0.25, -0.2) is 4.79 Å². The summed E-state index contributed by atoms with van der Waals surface area (Å²) in [7, 11) is 0. The molecule has 0 N–H and O–H groups in total. The van der Waals surface area contributed by atoms with Crippen LogP contribution in [0.15, 0.2) is 58.3 Å². The number of carbonyl (C=O) groups is 1. The summed E-state index contributed by atoms with van der Waals surface area (Å²) in [6.45, 7) is 7.87. The maximum atomic E-state index is 12.3. The van der Waals surface area contributed by atoms with Crippen LogP contribution in [0.4, 0.5) is 0 Å². The predicted octanol–water partition coefficient (Wildman–Crippen LogP) is 6.09. The van der Waals surface area contributed by atoms with Crippen molar-refractivity contribution in [2.75, 3.05) is 6.61 Å². The van der Waals surface area contributed by atoms with Gasteiger partial charge in [0.25, 0.3) is 0 Å². The van der Waals surface area contributed by atoms with Gasteiger partial charge in [0.15, 0.2) is 5.60 Å². The van der Waals surface area contributed by atoms with Crippen molar-refractivity contribution in [3.05, 3.63) is 54.1 Å². The van der Waals surface area contributed by atoms with Gasteiger partial charge in [0.05, 0.1) is 6.61 Å². The van der Waals surface area contributed by atoms with Crippen LogP contribution in [-0.4, -0.2) is 18.2 Å². The van der Waals surface area contributed by atoms with Crippen molar-refractivity contribution < 1.29 is 14.3 Å². The van der Waals surface area contributed by atoms with Crippen LogP contribution in [0.5, 0.6) is 5.75 Å². The molecule has 0 aliphatic carbocycles. The molecule has 26 heavy (non-hydrogen) atoms. The van der Waals surface area contributed by atoms with E-state index in [9.17, 15) is 4.79 Å². The van der Waals surface area contributed by atoms with Crippen LogP contribution in [0.2, 0.25) is 0 Å². The average molecular weight is 437 g/mol. The monoisotopic (exact) mass is 436 g/mol. The van der Waals surface area contributed by atoms with Gasteiger partial charge in [-0.2, -0.15) is 0 Å². The van der Waals surface area contributed by atoms with Crippen LogP contribution in [0.3, 0.4) is 0 Å². The molecule has 2 aromatic rings. The molecule has 0 aliphatic heterocycles. The summed E-state index contributed by atoms with van der Waals surface area (Å²) in [6.07, 6.45) is 0. The second-order valence-corrected chi connectivity index (χ2v) is 8.67. The fraction of sp³-hybridized carbons (Fsp3) is 0.381. The second-order valence-electron chi connectivity index (χ2n) is 6.96. The lowest BCUT2D eigenvalue weighted by atomic mass is 10.1. The Balaban J connectivity index is 2.04. The van der Waals surface area contributed by atoms with Gasteiger partial charge in [0.2, 0.25) is 0 Å². The molecule has 0 aliphatic rings. The molecule has 0 fully saturated rings. The number of hydrogen-bond acceptors (Lipinski definition) is 4. The Hall–Kier alpha value is -1.46. The maximum Gasteiger partial charge on any atom is 0.349 e. The molecule has 0 unspecified atom stereocenters. The van der Waals surface area contributed by atoms with Gasteiger partial charge in [-0.1, -0.05) is 59.7 Å². The van der Waals surface area contributed by atoms with Crippen molar-refractivity contribution in [2.24, 2.45) is 5.92 Å². The fourth-order valence-corrected chi connectivity index (χ4v) is 3.38. The first-order chi connectivity index (χ1) is 12.3. The SMILES string of the molecule is CC(C)COC(=O)C(C)(C)Oc1cccc(Sc2ccc(CBr)cc2)c1. The summed E-state index contributed by atoms with van der Waals surface area (Å²) in [4.78, 5) is 14.5. The molecule has 0 bridgehead atoms. The Morgan fingerprint density at radius 3 is 2.42 bits per heavy atom. The zero-order valence-corrected chi connectivity index (χ0v) is 18.0. The third-order valence-electron chi connectivity index (χ3n) is 3.53. The first-order valence-electron chi connectivity index (χ1n) is 8.59. The van der Waals surface area contributed by atoms with Crippen molar-refractivity contribution >= 4 is 33.7 Å². The minimum absolute atomic E-state index is 0.297. The summed E-state index contributed by atoms with van der Waals surface area (Å²) in [6, 6.07) is 16.2. The molecule has 0 saturated carbocycles. The Bertz CT molecular complexity index is 726. The van der Waals surface area contributed by atoms with Gasteiger partial charge in [0.1, 0.15) is 5.75 Å². The molecular formula is C21H25BrO3S. The van der Waals surface area contributed by atoms with E-state index in [1.165, 1.54) is 5.56 Å². The van der Waals surface area contributed by atoms with Gasteiger partial charge in [0, 0.05) is 15.1 Å². The van der Waals surface area contributed by atoms with E-state index in [1.807, 2.05) is 38.1 Å². The Kier molecular flexibility index (Phi) is 7.59. The summed E-state index contributed by atoms with van der Waals surface area (Å²) in [5.41, 5.74) is 0.212. The van der Waals surface area contributed by atoms with E-state index in [2.05, 4.69) is 40.2 Å². The molecule has 0 saturated heterocycles. The van der Waals surface area contributed by atoms with Crippen molar-refractivity contribution in [1.82, 2.24) is 0 Å². The summed E-state index contributed by atoms with van der Waals surface area (Å²) in [5.74, 6) is 0.596. The highest BCUT2D eigenvalue weighted by atomic mass is 79.9. The Labute approximate surface area is 168 Å². The lowest BCUT2D eigenvalue weighted by Crippen LogP contribution is -2.40. The molecular weight excluding hydrogens is 412 g/mol. The lowest BCUT2D eigenvalue weighted by molar-refractivity contribution is -0.160. The van der Waals surface area contributed by atoms with Gasteiger partial charge >= 0.3 is 5.97 Å². The normalized spacial score (nSPS) is 11.5. The van der Waals surface area contributed by atoms with Crippen LogP contribution in [0.25, 0.3) is 0 Å². The highest BCUT2D eigenvalue weighted by Crippen LogP contribution is 2.31. The number of ether oxygens (including phenoxy) is 2. The molecule has 140 valence electrons. The molecule has 2 aromatic carbocycles. The van der Waals surface area contributed by atoms with E-state index in [0.717, 1.165) is 15.1 Å². The third-order valence-corrected chi connectivity index (χ3v) is 5.18. The minimum Gasteiger partial charge on any atom is -0.476 e. The molecule has 0 amide bonds. The van der Waals surface area contributed by atoms with Gasteiger partial charge in [-0.15, -0.1) is 0 Å². The smallest absolute Gasteiger partial charge is 0.349 e. The number of rotatable bonds is 8. The van der Waals surface area contributed by atoms with Crippen LogP contribution < -0.4 is 4.74 Å². The maximum absolute atomic E-state index is 12.3. The number of alkyl halides is 1. The molecule has 0 aromatic heterocycles. The van der Waals surface area contributed by atoms with E-state index in [1.54, 1.807) is 25.6 Å². The molecule has 0 spiro atoms. The second kappa shape index (κ2) is 9.47. The largest absolute Gasteiger partial charge is 0.476 e. The van der Waals surface area contributed by atoms with E-state index < -0.39 is 5.60 Å². The topological polar surface area (TPSA) is 35.5 Å². The zero-order valence-electron chi connectivity index (χ0n) is 15.6. The molecule has 3 nitrogen and oxygen atoms in total. The predicted molar refractivity (Wildman–Crippen MR) is 110 cm³/mol. The highest BCUT2D eigenvalue weighted by molar-refractivity contribution is 9.08. The van der Waals surface area contributed by atoms with Crippen molar-refractivity contribution in [2.45, 2.75) is 48.4 Å². The zero-order chi connectivity index (χ0) is 19.2. The third kappa shape index (κ3) is 6.36. The first-order valence-corrected chi connectivity index (χ1v) is 10.5. The lowest BCUT2D eigenvalue weighted by Gasteiger charge is -2.25. The van der Waals surface area contributed by atoms with Crippen LogP contribution in [-0.2, 0) is 14.9 Å². The quantitative estimate of drug-likeness (QED) is 0.370. The fourth-order valence-electron chi connectivity index (χ4n) is 2.14. The van der Waals surface area contributed by atoms with E-state index in [0.29, 0.717) is 18.3 Å². The number of benzene rings is 2. The van der Waals surface area contributed by atoms with Crippen molar-refractivity contribution in [1.29, 1.82) is 0 Å². The standard InChI is InChI=1S/C21H25BrO3S/c1-15(2)14-24-20(23)21(3,4)25-17-6-5-7-19(12-17)26-18-10-8-16(13-22)9-11-18/h5-12,15H,13-14H2,1-4H3. The number of hydrogen-bond donors (Lipinski definition) is 0. The molecule has 2 rings (SSSR count). The van der Waals surface area contributed by atoms with E-state index in [-0.39, 0.29) is 5.97 Å². The molecule has 0 heterocycles. The van der Waals surface area contributed by atoms with Gasteiger partial charge in [-0.3, -0.25) is 0 Å². The summed E-state index contributed by atoms with van der Waals surface area (Å²) in [5, 5.41) is 0.850.